The fraction of sp³-hybridized carbons (Fsp3) is 0.562. The van der Waals surface area contributed by atoms with Gasteiger partial charge in [-0.05, 0) is 30.4 Å². The van der Waals surface area contributed by atoms with E-state index in [1.54, 1.807) is 7.05 Å². The van der Waals surface area contributed by atoms with E-state index in [9.17, 15) is 9.59 Å². The van der Waals surface area contributed by atoms with Gasteiger partial charge in [-0.2, -0.15) is 5.10 Å². The molecular weight excluding hydrogens is 312 g/mol. The molecule has 0 saturated carbocycles. The van der Waals surface area contributed by atoms with Gasteiger partial charge in [0.2, 0.25) is 5.91 Å². The predicted molar refractivity (Wildman–Crippen MR) is 90.3 cm³/mol. The van der Waals surface area contributed by atoms with E-state index in [4.69, 9.17) is 0 Å². The molecule has 0 unspecified atom stereocenters. The summed E-state index contributed by atoms with van der Waals surface area (Å²) in [6, 6.07) is 2.47. The van der Waals surface area contributed by atoms with Gasteiger partial charge in [-0.25, -0.2) is 5.01 Å². The highest BCUT2D eigenvalue weighted by Gasteiger charge is 2.24. The van der Waals surface area contributed by atoms with Crippen molar-refractivity contribution >= 4 is 28.9 Å². The first-order valence-electron chi connectivity index (χ1n) is 7.96. The Balaban J connectivity index is 1.51. The summed E-state index contributed by atoms with van der Waals surface area (Å²) in [5.74, 6) is -0.209. The molecule has 0 bridgehead atoms. The third kappa shape index (κ3) is 3.61. The van der Waals surface area contributed by atoms with E-state index in [2.05, 4.69) is 33.7 Å². The molecule has 6 nitrogen and oxygen atoms in total. The van der Waals surface area contributed by atoms with Crippen molar-refractivity contribution in [1.29, 1.82) is 0 Å². The molecule has 2 aliphatic rings. The zero-order valence-corrected chi connectivity index (χ0v) is 14.4. The summed E-state index contributed by atoms with van der Waals surface area (Å²) in [4.78, 5) is 27.5. The van der Waals surface area contributed by atoms with Gasteiger partial charge in [-0.15, -0.1) is 11.3 Å². The van der Waals surface area contributed by atoms with E-state index in [-0.39, 0.29) is 17.9 Å². The third-order valence-electron chi connectivity index (χ3n) is 4.49. The topological polar surface area (TPSA) is 65.0 Å². The standard InChI is InChI=1S/C16H22N4O2S/c1-11(20-7-5-14-12(10-20)6-8-23-14)9-17-16(22)13-3-4-15(21)19(2)18-13/h6,8,11H,3-5,7,9-10H2,1-2H3,(H,17,22)/t11-/m1/s1. The average molecular weight is 334 g/mol. The molecule has 0 aromatic carbocycles. The fourth-order valence-electron chi connectivity index (χ4n) is 2.95. The largest absolute Gasteiger partial charge is 0.349 e. The summed E-state index contributed by atoms with van der Waals surface area (Å²) in [5, 5.41) is 10.4. The summed E-state index contributed by atoms with van der Waals surface area (Å²) < 4.78 is 0. The molecule has 0 saturated heterocycles. The lowest BCUT2D eigenvalue weighted by Gasteiger charge is -2.32. The maximum Gasteiger partial charge on any atom is 0.267 e. The maximum absolute atomic E-state index is 12.2. The van der Waals surface area contributed by atoms with E-state index in [0.717, 1.165) is 19.5 Å². The van der Waals surface area contributed by atoms with Crippen LogP contribution in [0.15, 0.2) is 16.5 Å². The van der Waals surface area contributed by atoms with Gasteiger partial charge >= 0.3 is 0 Å². The van der Waals surface area contributed by atoms with Crippen LogP contribution in [0, 0.1) is 0 Å². The highest BCUT2D eigenvalue weighted by molar-refractivity contribution is 7.10. The number of hydrazone groups is 1. The van der Waals surface area contributed by atoms with E-state index in [1.165, 1.54) is 15.4 Å². The number of thiophene rings is 1. The number of fused-ring (bicyclic) bond motifs is 1. The Morgan fingerprint density at radius 3 is 3.04 bits per heavy atom. The van der Waals surface area contributed by atoms with Crippen molar-refractivity contribution in [2.45, 2.75) is 38.8 Å². The lowest BCUT2D eigenvalue weighted by Crippen LogP contribution is -2.46. The number of amides is 2. The highest BCUT2D eigenvalue weighted by atomic mass is 32.1. The lowest BCUT2D eigenvalue weighted by atomic mass is 10.1. The number of hydrogen-bond donors (Lipinski definition) is 1. The first-order valence-corrected chi connectivity index (χ1v) is 8.84. The van der Waals surface area contributed by atoms with Gasteiger partial charge in [0.1, 0.15) is 5.71 Å². The summed E-state index contributed by atoms with van der Waals surface area (Å²) in [6.45, 7) is 4.71. The fourth-order valence-corrected chi connectivity index (χ4v) is 3.84. The molecule has 0 radical (unpaired) electrons. The molecule has 7 heteroatoms. The second kappa shape index (κ2) is 6.80. The van der Waals surface area contributed by atoms with E-state index >= 15 is 0 Å². The second-order valence-electron chi connectivity index (χ2n) is 6.11. The zero-order valence-electron chi connectivity index (χ0n) is 13.5. The molecule has 2 amide bonds. The van der Waals surface area contributed by atoms with Crippen LogP contribution in [-0.2, 0) is 22.6 Å². The molecule has 3 rings (SSSR count). The van der Waals surface area contributed by atoms with Crippen LogP contribution in [-0.4, -0.2) is 53.6 Å². The monoisotopic (exact) mass is 334 g/mol. The number of carbonyl (C=O) groups is 2. The number of nitrogens with one attached hydrogen (secondary N) is 1. The summed E-state index contributed by atoms with van der Waals surface area (Å²) in [7, 11) is 1.59. The molecule has 0 aliphatic carbocycles. The zero-order chi connectivity index (χ0) is 16.4. The minimum atomic E-state index is -0.163. The first-order chi connectivity index (χ1) is 11.0. The molecule has 23 heavy (non-hydrogen) atoms. The van der Waals surface area contributed by atoms with Crippen molar-refractivity contribution in [3.05, 3.63) is 21.9 Å². The molecule has 124 valence electrons. The van der Waals surface area contributed by atoms with Crippen molar-refractivity contribution in [2.24, 2.45) is 5.10 Å². The van der Waals surface area contributed by atoms with Crippen molar-refractivity contribution in [2.75, 3.05) is 20.1 Å². The van der Waals surface area contributed by atoms with Gasteiger partial charge in [0.25, 0.3) is 5.91 Å². The molecule has 2 aliphatic heterocycles. The smallest absolute Gasteiger partial charge is 0.267 e. The van der Waals surface area contributed by atoms with Crippen LogP contribution < -0.4 is 5.32 Å². The first kappa shape index (κ1) is 16.1. The molecule has 1 N–H and O–H groups in total. The molecular formula is C16H22N4O2S. The summed E-state index contributed by atoms with van der Waals surface area (Å²) in [5.41, 5.74) is 1.86. The molecule has 1 atom stereocenters. The molecule has 1 aromatic rings. The minimum Gasteiger partial charge on any atom is -0.349 e. The van der Waals surface area contributed by atoms with Crippen LogP contribution in [0.1, 0.15) is 30.2 Å². The van der Waals surface area contributed by atoms with E-state index in [0.29, 0.717) is 25.1 Å². The average Bonchev–Trinajstić information content (AvgIpc) is 3.02. The predicted octanol–water partition coefficient (Wildman–Crippen LogP) is 1.22. The van der Waals surface area contributed by atoms with Crippen LogP contribution in [0.3, 0.4) is 0 Å². The summed E-state index contributed by atoms with van der Waals surface area (Å²) in [6.07, 6.45) is 1.86. The Morgan fingerprint density at radius 1 is 1.43 bits per heavy atom. The molecule has 1 aromatic heterocycles. The maximum atomic E-state index is 12.2. The van der Waals surface area contributed by atoms with Crippen LogP contribution in [0.5, 0.6) is 0 Å². The van der Waals surface area contributed by atoms with E-state index in [1.807, 2.05) is 11.3 Å². The minimum absolute atomic E-state index is 0.0465. The van der Waals surface area contributed by atoms with Crippen LogP contribution >= 0.6 is 11.3 Å². The Kier molecular flexibility index (Phi) is 4.77. The number of carbonyl (C=O) groups excluding carboxylic acids is 2. The quantitative estimate of drug-likeness (QED) is 0.900. The third-order valence-corrected chi connectivity index (χ3v) is 5.51. The Morgan fingerprint density at radius 2 is 2.26 bits per heavy atom. The van der Waals surface area contributed by atoms with Gasteiger partial charge < -0.3 is 5.32 Å². The van der Waals surface area contributed by atoms with Gasteiger partial charge in [-0.1, -0.05) is 0 Å². The van der Waals surface area contributed by atoms with Gasteiger partial charge in [0.05, 0.1) is 0 Å². The number of rotatable bonds is 4. The molecule has 0 spiro atoms. The normalized spacial score (nSPS) is 20.0. The Bertz CT molecular complexity index is 640. The Hall–Kier alpha value is -1.73. The van der Waals surface area contributed by atoms with Crippen molar-refractivity contribution in [3.8, 4) is 0 Å². The Labute approximate surface area is 140 Å². The SMILES string of the molecule is C[C@H](CNC(=O)C1=NN(C)C(=O)CC1)N1CCc2sccc2C1. The number of nitrogens with zero attached hydrogens (tertiary/aromatic N) is 3. The summed E-state index contributed by atoms with van der Waals surface area (Å²) >= 11 is 1.83. The highest BCUT2D eigenvalue weighted by Crippen LogP contribution is 2.24. The van der Waals surface area contributed by atoms with Gasteiger partial charge in [0.15, 0.2) is 0 Å². The van der Waals surface area contributed by atoms with Gasteiger partial charge in [-0.3, -0.25) is 14.5 Å². The van der Waals surface area contributed by atoms with Crippen molar-refractivity contribution < 1.29 is 9.59 Å². The van der Waals surface area contributed by atoms with Crippen molar-refractivity contribution in [1.82, 2.24) is 15.2 Å². The lowest BCUT2D eigenvalue weighted by molar-refractivity contribution is -0.130. The van der Waals surface area contributed by atoms with E-state index < -0.39 is 0 Å². The second-order valence-corrected chi connectivity index (χ2v) is 7.11. The molecule has 3 heterocycles. The molecule has 0 fully saturated rings. The number of hydrogen-bond acceptors (Lipinski definition) is 5. The van der Waals surface area contributed by atoms with Crippen molar-refractivity contribution in [3.63, 3.8) is 0 Å². The van der Waals surface area contributed by atoms with Crippen LogP contribution in [0.2, 0.25) is 0 Å². The van der Waals surface area contributed by atoms with Crippen LogP contribution in [0.25, 0.3) is 0 Å². The van der Waals surface area contributed by atoms with Gasteiger partial charge in [0, 0.05) is 50.4 Å². The van der Waals surface area contributed by atoms with Crippen LogP contribution in [0.4, 0.5) is 0 Å².